The van der Waals surface area contributed by atoms with Crippen molar-refractivity contribution >= 4 is 33.6 Å². The lowest BCUT2D eigenvalue weighted by Gasteiger charge is -2.40. The Morgan fingerprint density at radius 1 is 1.03 bits per heavy atom. The molecule has 0 unspecified atom stereocenters. The number of ether oxygens (including phenoxy) is 1. The van der Waals surface area contributed by atoms with Gasteiger partial charge in [0, 0.05) is 50.0 Å². The number of halogens is 1. The summed E-state index contributed by atoms with van der Waals surface area (Å²) in [6.07, 6.45) is 0. The summed E-state index contributed by atoms with van der Waals surface area (Å²) in [5, 5.41) is 3.49. The van der Waals surface area contributed by atoms with Crippen molar-refractivity contribution in [3.63, 3.8) is 0 Å². The van der Waals surface area contributed by atoms with Gasteiger partial charge in [0.2, 0.25) is 10.0 Å². The van der Waals surface area contributed by atoms with Gasteiger partial charge in [-0.1, -0.05) is 41.4 Å². The molecule has 2 aliphatic heterocycles. The zero-order chi connectivity index (χ0) is 27.4. The van der Waals surface area contributed by atoms with E-state index in [9.17, 15) is 18.0 Å². The molecule has 1 N–H and O–H groups in total. The van der Waals surface area contributed by atoms with Crippen molar-refractivity contribution in [2.24, 2.45) is 0 Å². The lowest BCUT2D eigenvalue weighted by Crippen LogP contribution is -2.53. The van der Waals surface area contributed by atoms with Crippen molar-refractivity contribution in [2.75, 3.05) is 45.9 Å². The van der Waals surface area contributed by atoms with Crippen molar-refractivity contribution in [2.45, 2.75) is 31.7 Å². The normalized spacial score (nSPS) is 19.4. The monoisotopic (exact) mass is 560 g/mol. The molecule has 2 aromatic rings. The second-order valence-corrected chi connectivity index (χ2v) is 11.6. The van der Waals surface area contributed by atoms with E-state index < -0.39 is 22.0 Å². The lowest BCUT2D eigenvalue weighted by atomic mass is 9.94. The van der Waals surface area contributed by atoms with E-state index in [-0.39, 0.29) is 17.5 Å². The number of amides is 2. The highest BCUT2D eigenvalue weighted by Crippen LogP contribution is 2.33. The van der Waals surface area contributed by atoms with Gasteiger partial charge in [-0.15, -0.1) is 0 Å². The van der Waals surface area contributed by atoms with Crippen molar-refractivity contribution in [3.05, 3.63) is 76.0 Å². The molecule has 11 heteroatoms. The van der Waals surface area contributed by atoms with Crippen LogP contribution < -0.4 is 5.32 Å². The van der Waals surface area contributed by atoms with E-state index in [0.29, 0.717) is 61.1 Å². The molecule has 0 aromatic heterocycles. The fraction of sp³-hybridized carbons (Fsp3) is 0.407. The van der Waals surface area contributed by atoms with Gasteiger partial charge in [0.1, 0.15) is 0 Å². The zero-order valence-electron chi connectivity index (χ0n) is 21.8. The first-order chi connectivity index (χ1) is 18.1. The molecule has 1 atom stereocenters. The number of nitrogens with one attached hydrogen (secondary N) is 1. The van der Waals surface area contributed by atoms with Crippen molar-refractivity contribution in [3.8, 4) is 0 Å². The first-order valence-corrected chi connectivity index (χ1v) is 14.5. The van der Waals surface area contributed by atoms with Crippen LogP contribution in [0, 0.1) is 6.92 Å². The van der Waals surface area contributed by atoms with Crippen LogP contribution in [-0.4, -0.2) is 80.4 Å². The smallest absolute Gasteiger partial charge is 0.338 e. The summed E-state index contributed by atoms with van der Waals surface area (Å²) in [7, 11) is -3.60. The van der Waals surface area contributed by atoms with E-state index in [1.54, 1.807) is 60.4 Å². The average molecular weight is 561 g/mol. The first-order valence-electron chi connectivity index (χ1n) is 12.7. The second-order valence-electron chi connectivity index (χ2n) is 9.25. The lowest BCUT2D eigenvalue weighted by molar-refractivity contribution is -0.139. The Morgan fingerprint density at radius 2 is 1.66 bits per heavy atom. The molecule has 0 bridgehead atoms. The predicted molar refractivity (Wildman–Crippen MR) is 145 cm³/mol. The van der Waals surface area contributed by atoms with Crippen LogP contribution in [0.15, 0.2) is 64.7 Å². The molecular weight excluding hydrogens is 528 g/mol. The highest BCUT2D eigenvalue weighted by atomic mass is 35.5. The minimum Gasteiger partial charge on any atom is -0.463 e. The summed E-state index contributed by atoms with van der Waals surface area (Å²) in [6.45, 7) is 7.87. The number of carbonyl (C=O) groups excluding carboxylic acids is 2. The first kappa shape index (κ1) is 28.1. The summed E-state index contributed by atoms with van der Waals surface area (Å²) in [5.41, 5.74) is 2.64. The summed E-state index contributed by atoms with van der Waals surface area (Å²) in [6, 6.07) is 12.8. The Labute approximate surface area is 229 Å². The molecule has 2 aromatic carbocycles. The summed E-state index contributed by atoms with van der Waals surface area (Å²) in [5.74, 6) is -0.499. The van der Waals surface area contributed by atoms with Crippen LogP contribution in [-0.2, 0) is 19.6 Å². The Hall–Kier alpha value is -2.92. The van der Waals surface area contributed by atoms with E-state index in [2.05, 4.69) is 10.2 Å². The van der Waals surface area contributed by atoms with Crippen molar-refractivity contribution in [1.82, 2.24) is 19.4 Å². The molecule has 0 saturated carbocycles. The van der Waals surface area contributed by atoms with Crippen LogP contribution in [0.5, 0.6) is 0 Å². The summed E-state index contributed by atoms with van der Waals surface area (Å²) in [4.78, 5) is 30.2. The molecule has 4 rings (SSSR count). The number of urea groups is 1. The number of nitrogens with zero attached hydrogens (tertiary/aromatic N) is 3. The van der Waals surface area contributed by atoms with Gasteiger partial charge in [-0.2, -0.15) is 4.31 Å². The fourth-order valence-electron chi connectivity index (χ4n) is 4.76. The van der Waals surface area contributed by atoms with Gasteiger partial charge >= 0.3 is 12.0 Å². The Morgan fingerprint density at radius 3 is 2.24 bits per heavy atom. The SMILES string of the molecule is CCOC(=O)C1=C(CN2CCN(S(=O)(=O)c3ccc(C)cc3)CC2)N(CC)C(=O)N[C@@H]1c1ccc(Cl)cc1. The summed E-state index contributed by atoms with van der Waals surface area (Å²) < 4.78 is 33.2. The minimum atomic E-state index is -3.60. The molecule has 0 spiro atoms. The quantitative estimate of drug-likeness (QED) is 0.496. The standard InChI is InChI=1S/C27H33ClN4O5S/c1-4-32-23(18-30-14-16-31(17-15-30)38(35,36)22-12-6-19(3)7-13-22)24(26(33)37-5-2)25(29-27(32)34)20-8-10-21(28)11-9-20/h6-13,25H,4-5,14-18H2,1-3H3,(H,29,34)/t25-/m1/s1. The van der Waals surface area contributed by atoms with Gasteiger partial charge in [0.05, 0.1) is 23.1 Å². The zero-order valence-corrected chi connectivity index (χ0v) is 23.4. The highest BCUT2D eigenvalue weighted by molar-refractivity contribution is 7.89. The number of sulfonamides is 1. The summed E-state index contributed by atoms with van der Waals surface area (Å²) >= 11 is 6.07. The number of likely N-dealkylation sites (N-methyl/N-ethyl adjacent to an activating group) is 1. The molecule has 2 heterocycles. The maximum atomic E-state index is 13.2. The third kappa shape index (κ3) is 5.88. The van der Waals surface area contributed by atoms with E-state index >= 15 is 0 Å². The molecule has 2 amide bonds. The number of piperazine rings is 1. The Bertz CT molecular complexity index is 1300. The van der Waals surface area contributed by atoms with Crippen LogP contribution in [0.1, 0.15) is 31.0 Å². The molecule has 9 nitrogen and oxygen atoms in total. The van der Waals surface area contributed by atoms with Crippen LogP contribution in [0.2, 0.25) is 5.02 Å². The van der Waals surface area contributed by atoms with Crippen molar-refractivity contribution < 1.29 is 22.7 Å². The molecule has 0 aliphatic carbocycles. The Kier molecular flexibility index (Phi) is 8.77. The van der Waals surface area contributed by atoms with Gasteiger partial charge in [-0.25, -0.2) is 18.0 Å². The predicted octanol–water partition coefficient (Wildman–Crippen LogP) is 3.56. The number of aryl methyl sites for hydroxylation is 1. The third-order valence-corrected chi connectivity index (χ3v) is 8.98. The van der Waals surface area contributed by atoms with Gasteiger partial charge < -0.3 is 10.1 Å². The van der Waals surface area contributed by atoms with Gasteiger partial charge in [0.25, 0.3) is 0 Å². The fourth-order valence-corrected chi connectivity index (χ4v) is 6.31. The highest BCUT2D eigenvalue weighted by Gasteiger charge is 2.39. The van der Waals surface area contributed by atoms with Gasteiger partial charge in [-0.3, -0.25) is 9.80 Å². The second kappa shape index (κ2) is 11.9. The molecule has 38 heavy (non-hydrogen) atoms. The number of benzene rings is 2. The molecule has 204 valence electrons. The number of esters is 1. The average Bonchev–Trinajstić information content (AvgIpc) is 2.89. The Balaban J connectivity index is 1.61. The van der Waals surface area contributed by atoms with Gasteiger partial charge in [-0.05, 0) is 50.6 Å². The topological polar surface area (TPSA) is 99.3 Å². The number of rotatable bonds is 8. The maximum absolute atomic E-state index is 13.2. The van der Waals surface area contributed by atoms with Crippen LogP contribution >= 0.6 is 11.6 Å². The molecule has 1 saturated heterocycles. The minimum absolute atomic E-state index is 0.193. The number of carbonyl (C=O) groups is 2. The van der Waals surface area contributed by atoms with Crippen LogP contribution in [0.3, 0.4) is 0 Å². The largest absolute Gasteiger partial charge is 0.463 e. The molecule has 1 fully saturated rings. The van der Waals surface area contributed by atoms with Crippen LogP contribution in [0.4, 0.5) is 4.79 Å². The van der Waals surface area contributed by atoms with Gasteiger partial charge in [0.15, 0.2) is 0 Å². The van der Waals surface area contributed by atoms with Crippen molar-refractivity contribution in [1.29, 1.82) is 0 Å². The van der Waals surface area contributed by atoms with E-state index in [4.69, 9.17) is 16.3 Å². The number of hydrogen-bond donors (Lipinski definition) is 1. The molecule has 0 radical (unpaired) electrons. The molecular formula is C27H33ClN4O5S. The van der Waals surface area contributed by atoms with E-state index in [1.807, 2.05) is 13.8 Å². The maximum Gasteiger partial charge on any atom is 0.338 e. The van der Waals surface area contributed by atoms with E-state index in [1.165, 1.54) is 4.31 Å². The molecule has 2 aliphatic rings. The van der Waals surface area contributed by atoms with Crippen LogP contribution in [0.25, 0.3) is 0 Å². The van der Waals surface area contributed by atoms with E-state index in [0.717, 1.165) is 5.56 Å². The number of hydrogen-bond acceptors (Lipinski definition) is 6. The third-order valence-electron chi connectivity index (χ3n) is 6.82.